The van der Waals surface area contributed by atoms with Crippen LogP contribution in [0.15, 0.2) is 42.5 Å². The lowest BCUT2D eigenvalue weighted by atomic mass is 9.99. The van der Waals surface area contributed by atoms with Crippen LogP contribution in [-0.2, 0) is 16.1 Å². The molecule has 0 spiro atoms. The number of rotatable bonds is 5. The zero-order valence-corrected chi connectivity index (χ0v) is 19.7. The largest absolute Gasteiger partial charge is 0.733 e. The summed E-state index contributed by atoms with van der Waals surface area (Å²) in [5, 5.41) is 21.6. The van der Waals surface area contributed by atoms with Crippen LogP contribution in [0.5, 0.6) is 0 Å². The van der Waals surface area contributed by atoms with Crippen LogP contribution < -0.4 is 20.8 Å². The van der Waals surface area contributed by atoms with Crippen LogP contribution in [-0.4, -0.2) is 59.7 Å². The number of benzene rings is 2. The summed E-state index contributed by atoms with van der Waals surface area (Å²) in [7, 11) is 0. The summed E-state index contributed by atoms with van der Waals surface area (Å²) in [6, 6.07) is 11.5. The van der Waals surface area contributed by atoms with Crippen molar-refractivity contribution < 1.29 is 24.3 Å². The van der Waals surface area contributed by atoms with E-state index in [4.69, 9.17) is 10.5 Å². The molecule has 0 aromatic heterocycles. The molecule has 190 valence electrons. The summed E-state index contributed by atoms with van der Waals surface area (Å²) >= 11 is 0. The van der Waals surface area contributed by atoms with E-state index in [1.807, 2.05) is 29.2 Å². The maximum Gasteiger partial charge on any atom is 0.414 e. The van der Waals surface area contributed by atoms with Crippen molar-refractivity contribution >= 4 is 35.0 Å². The molecule has 0 aliphatic carbocycles. The Morgan fingerprint density at radius 2 is 1.81 bits per heavy atom. The molecule has 1 atom stereocenters. The third-order valence-corrected chi connectivity index (χ3v) is 7.24. The highest BCUT2D eigenvalue weighted by Gasteiger charge is 2.36. The molecular formula is C25H28N5O6-. The molecule has 2 fully saturated rings. The Kier molecular flexibility index (Phi) is 6.42. The van der Waals surface area contributed by atoms with Crippen molar-refractivity contribution in [2.75, 3.05) is 34.7 Å². The molecule has 3 aliphatic rings. The van der Waals surface area contributed by atoms with Crippen molar-refractivity contribution in [1.82, 2.24) is 4.90 Å². The highest BCUT2D eigenvalue weighted by atomic mass is 16.8. The lowest BCUT2D eigenvalue weighted by Gasteiger charge is -2.42. The second-order valence-corrected chi connectivity index (χ2v) is 9.31. The number of carbonyl (C=O) groups excluding carboxylic acids is 3. The molecule has 0 radical (unpaired) electrons. The summed E-state index contributed by atoms with van der Waals surface area (Å²) in [4.78, 5) is 42.4. The Balaban J connectivity index is 1.33. The van der Waals surface area contributed by atoms with Crippen LogP contribution in [0, 0.1) is 5.21 Å². The summed E-state index contributed by atoms with van der Waals surface area (Å²) in [5.41, 5.74) is 7.87. The predicted molar refractivity (Wildman–Crippen MR) is 132 cm³/mol. The number of piperidine rings is 1. The first kappa shape index (κ1) is 23.9. The van der Waals surface area contributed by atoms with E-state index >= 15 is 0 Å². The molecular weight excluding hydrogens is 466 g/mol. The second kappa shape index (κ2) is 9.67. The van der Waals surface area contributed by atoms with Gasteiger partial charge < -0.3 is 30.7 Å². The van der Waals surface area contributed by atoms with E-state index in [2.05, 4.69) is 0 Å². The average molecular weight is 495 g/mol. The third-order valence-electron chi connectivity index (χ3n) is 7.24. The van der Waals surface area contributed by atoms with Crippen LogP contribution in [0.2, 0.25) is 0 Å². The quantitative estimate of drug-likeness (QED) is 0.604. The van der Waals surface area contributed by atoms with Gasteiger partial charge in [0.2, 0.25) is 5.91 Å². The zero-order chi connectivity index (χ0) is 25.4. The van der Waals surface area contributed by atoms with Crippen LogP contribution in [0.4, 0.5) is 21.9 Å². The first-order valence-corrected chi connectivity index (χ1v) is 12.0. The SMILES string of the molecule is NC(=O)[C@@H]1CCCN1C(=O)c1ccc(N2CCC(N3C(=O)OCc4ccccc43)CC2)c(N([O-])O)c1. The van der Waals surface area contributed by atoms with Crippen LogP contribution in [0.25, 0.3) is 0 Å². The van der Waals surface area contributed by atoms with Gasteiger partial charge in [-0.05, 0) is 49.9 Å². The van der Waals surface area contributed by atoms with Gasteiger partial charge in [-0.25, -0.2) is 4.79 Å². The van der Waals surface area contributed by atoms with Gasteiger partial charge in [0.15, 0.2) is 0 Å². The predicted octanol–water partition coefficient (Wildman–Crippen LogP) is 2.60. The minimum absolute atomic E-state index is 0.0585. The maximum atomic E-state index is 13.0. The highest BCUT2D eigenvalue weighted by molar-refractivity contribution is 5.99. The molecule has 0 unspecified atom stereocenters. The topological polar surface area (TPSA) is 143 Å². The summed E-state index contributed by atoms with van der Waals surface area (Å²) in [6.07, 6.45) is 2.06. The summed E-state index contributed by atoms with van der Waals surface area (Å²) in [5.74, 6) is -0.972. The molecule has 11 heteroatoms. The Bertz CT molecular complexity index is 1180. The number of anilines is 3. The van der Waals surface area contributed by atoms with Gasteiger partial charge in [-0.3, -0.25) is 19.7 Å². The standard InChI is InChI=1S/C25H28N5O6/c26-23(31)21-6-3-11-28(21)24(32)16-7-8-20(22(14-16)30(34)35)27-12-9-18(10-13-27)29-19-5-2-1-4-17(19)15-36-25(29)33/h1-2,4-5,7-8,14,18,21,34H,3,6,9-13,15H2,(H2,26,31)/q-1/t21-/m0/s1. The van der Waals surface area contributed by atoms with Gasteiger partial charge in [0.05, 0.1) is 17.1 Å². The van der Waals surface area contributed by atoms with Gasteiger partial charge in [0, 0.05) is 36.8 Å². The second-order valence-electron chi connectivity index (χ2n) is 9.31. The Labute approximate surface area is 208 Å². The fourth-order valence-electron chi connectivity index (χ4n) is 5.43. The molecule has 3 aliphatic heterocycles. The number of likely N-dealkylation sites (tertiary alicyclic amines) is 1. The van der Waals surface area contributed by atoms with E-state index in [-0.39, 0.29) is 35.2 Å². The molecule has 5 rings (SSSR count). The molecule has 11 nitrogen and oxygen atoms in total. The zero-order valence-electron chi connectivity index (χ0n) is 19.7. The number of cyclic esters (lactones) is 1. The minimum Gasteiger partial charge on any atom is -0.733 e. The number of hydrogen-bond acceptors (Lipinski definition) is 8. The Morgan fingerprint density at radius 1 is 1.06 bits per heavy atom. The summed E-state index contributed by atoms with van der Waals surface area (Å²) in [6.45, 7) is 1.72. The molecule has 3 heterocycles. The number of nitrogens with zero attached hydrogens (tertiary/aromatic N) is 4. The van der Waals surface area contributed by atoms with Gasteiger partial charge in [-0.2, -0.15) is 0 Å². The fourth-order valence-corrected chi connectivity index (χ4v) is 5.43. The number of fused-ring (bicyclic) bond motifs is 1. The van der Waals surface area contributed by atoms with E-state index in [1.54, 1.807) is 17.0 Å². The van der Waals surface area contributed by atoms with Gasteiger partial charge in [0.25, 0.3) is 5.91 Å². The lowest BCUT2D eigenvalue weighted by Crippen LogP contribution is -2.49. The first-order chi connectivity index (χ1) is 17.3. The van der Waals surface area contributed by atoms with Crippen LogP contribution in [0.3, 0.4) is 0 Å². The first-order valence-electron chi connectivity index (χ1n) is 12.0. The van der Waals surface area contributed by atoms with Crippen molar-refractivity contribution in [3.63, 3.8) is 0 Å². The van der Waals surface area contributed by atoms with Crippen molar-refractivity contribution in [2.45, 2.75) is 44.4 Å². The molecule has 36 heavy (non-hydrogen) atoms. The normalized spacial score (nSPS) is 20.2. The molecule has 3 amide bonds. The number of ether oxygens (including phenoxy) is 1. The molecule has 0 saturated carbocycles. The molecule has 2 saturated heterocycles. The van der Waals surface area contributed by atoms with Crippen molar-refractivity contribution in [2.24, 2.45) is 5.73 Å². The smallest absolute Gasteiger partial charge is 0.414 e. The number of hydrogen-bond donors (Lipinski definition) is 2. The van der Waals surface area contributed by atoms with Gasteiger partial charge in [-0.15, -0.1) is 0 Å². The van der Waals surface area contributed by atoms with Crippen molar-refractivity contribution in [3.05, 3.63) is 58.8 Å². The lowest BCUT2D eigenvalue weighted by molar-refractivity contribution is -0.121. The molecule has 2 aromatic carbocycles. The van der Waals surface area contributed by atoms with Crippen LogP contribution in [0.1, 0.15) is 41.6 Å². The average Bonchev–Trinajstić information content (AvgIpc) is 3.38. The molecule has 2 aromatic rings. The monoisotopic (exact) mass is 494 g/mol. The number of carbonyl (C=O) groups is 3. The van der Waals surface area contributed by atoms with E-state index in [0.29, 0.717) is 51.0 Å². The number of amides is 3. The third kappa shape index (κ3) is 4.31. The maximum absolute atomic E-state index is 13.0. The van der Waals surface area contributed by atoms with Crippen LogP contribution >= 0.6 is 0 Å². The minimum atomic E-state index is -0.677. The van der Waals surface area contributed by atoms with Gasteiger partial charge >= 0.3 is 6.09 Å². The van der Waals surface area contributed by atoms with E-state index < -0.39 is 17.9 Å². The highest BCUT2D eigenvalue weighted by Crippen LogP contribution is 2.36. The molecule has 0 bridgehead atoms. The molecule has 3 N–H and O–H groups in total. The number of nitrogens with two attached hydrogens (primary N) is 1. The van der Waals surface area contributed by atoms with E-state index in [0.717, 1.165) is 11.3 Å². The summed E-state index contributed by atoms with van der Waals surface area (Å²) < 4.78 is 5.36. The van der Waals surface area contributed by atoms with Crippen molar-refractivity contribution in [3.8, 4) is 0 Å². The fraction of sp³-hybridized carbons (Fsp3) is 0.400. The van der Waals surface area contributed by atoms with E-state index in [9.17, 15) is 24.8 Å². The van der Waals surface area contributed by atoms with Crippen molar-refractivity contribution in [1.29, 1.82) is 0 Å². The van der Waals surface area contributed by atoms with E-state index in [1.165, 1.54) is 11.0 Å². The number of primary amides is 1. The Hall–Kier alpha value is -3.83. The number of para-hydroxylation sites is 1. The van der Waals surface area contributed by atoms with Gasteiger partial charge in [0.1, 0.15) is 12.6 Å². The van der Waals surface area contributed by atoms with Gasteiger partial charge in [-0.1, -0.05) is 18.2 Å². The Morgan fingerprint density at radius 3 is 2.53 bits per heavy atom.